The van der Waals surface area contributed by atoms with Gasteiger partial charge in [-0.25, -0.2) is 4.98 Å². The Morgan fingerprint density at radius 3 is 2.79 bits per heavy atom. The summed E-state index contributed by atoms with van der Waals surface area (Å²) in [6, 6.07) is 12.4. The Balaban J connectivity index is 1.44. The minimum absolute atomic E-state index is 0.307. The summed E-state index contributed by atoms with van der Waals surface area (Å²) in [5.74, 6) is -0.0152. The number of anilines is 2. The molecule has 4 aromatic rings. The number of carbonyl (C=O) groups excluding carboxylic acids is 1. The molecule has 7 nitrogen and oxygen atoms in total. The van der Waals surface area contributed by atoms with E-state index < -0.39 is 0 Å². The Kier molecular flexibility index (Phi) is 3.87. The van der Waals surface area contributed by atoms with E-state index in [2.05, 4.69) is 10.6 Å². The van der Waals surface area contributed by atoms with Crippen molar-refractivity contribution >= 4 is 39.0 Å². The van der Waals surface area contributed by atoms with Crippen LogP contribution in [0.1, 0.15) is 34.1 Å². The molecular formula is C20H18N5O2S+. The lowest BCUT2D eigenvalue weighted by Crippen LogP contribution is -2.32. The highest BCUT2D eigenvalue weighted by molar-refractivity contribution is 7.21. The minimum atomic E-state index is -0.323. The fraction of sp³-hybridized carbons (Fsp3) is 0.200. The fourth-order valence-corrected chi connectivity index (χ4v) is 4.03. The summed E-state index contributed by atoms with van der Waals surface area (Å²) in [6.45, 7) is 2.05. The van der Waals surface area contributed by atoms with Gasteiger partial charge in [0, 0.05) is 23.8 Å². The molecule has 1 aromatic carbocycles. The maximum absolute atomic E-state index is 12.7. The predicted octanol–water partition coefficient (Wildman–Crippen LogP) is 3.72. The van der Waals surface area contributed by atoms with E-state index in [1.165, 1.54) is 16.9 Å². The zero-order chi connectivity index (χ0) is 19.3. The number of benzene rings is 1. The molecule has 1 aliphatic rings. The zero-order valence-electron chi connectivity index (χ0n) is 15.2. The largest absolute Gasteiger partial charge is 0.397 e. The van der Waals surface area contributed by atoms with Crippen molar-refractivity contribution < 1.29 is 14.0 Å². The number of aryl methyl sites for hydroxylation is 1. The first-order valence-corrected chi connectivity index (χ1v) is 9.86. The third-order valence-electron chi connectivity index (χ3n) is 4.79. The molecule has 3 aromatic heterocycles. The van der Waals surface area contributed by atoms with E-state index in [0.29, 0.717) is 22.5 Å². The molecule has 1 aliphatic carbocycles. The number of fused-ring (bicyclic) bond motifs is 1. The molecule has 0 unspecified atom stereocenters. The van der Waals surface area contributed by atoms with Crippen LogP contribution in [0.3, 0.4) is 0 Å². The van der Waals surface area contributed by atoms with Gasteiger partial charge in [0.05, 0.1) is 11.4 Å². The van der Waals surface area contributed by atoms with Crippen LogP contribution >= 0.6 is 11.3 Å². The molecule has 0 atom stereocenters. The third-order valence-corrected chi connectivity index (χ3v) is 5.90. The van der Waals surface area contributed by atoms with Crippen LogP contribution in [-0.4, -0.2) is 16.2 Å². The van der Waals surface area contributed by atoms with Gasteiger partial charge in [-0.15, -0.1) is 11.3 Å². The Hall–Kier alpha value is -3.26. The Bertz CT molecular complexity index is 1190. The lowest BCUT2D eigenvalue weighted by atomic mass is 10.1. The van der Waals surface area contributed by atoms with Crippen LogP contribution in [0.2, 0.25) is 0 Å². The topological polar surface area (TPSA) is 97.9 Å². The van der Waals surface area contributed by atoms with Crippen LogP contribution in [0, 0.1) is 6.92 Å². The molecule has 5 rings (SSSR count). The summed E-state index contributed by atoms with van der Waals surface area (Å²) < 4.78 is 6.92. The number of thiophene rings is 1. The molecule has 28 heavy (non-hydrogen) atoms. The molecule has 0 radical (unpaired) electrons. The number of nitrogens with two attached hydrogens (primary N) is 1. The Morgan fingerprint density at radius 1 is 1.25 bits per heavy atom. The predicted molar refractivity (Wildman–Crippen MR) is 107 cm³/mol. The number of pyridine rings is 1. The highest BCUT2D eigenvalue weighted by atomic mass is 32.1. The Morgan fingerprint density at radius 2 is 2.04 bits per heavy atom. The molecule has 140 valence electrons. The second kappa shape index (κ2) is 6.42. The SMILES string of the molecule is Cc1ccc(-c2ccc3c(N)c(C(=O)Nc4c[n+](C5CC5)no4)sc3n2)cc1. The fourth-order valence-electron chi connectivity index (χ4n) is 3.04. The highest BCUT2D eigenvalue weighted by Crippen LogP contribution is 2.35. The van der Waals surface area contributed by atoms with Crippen LogP contribution in [0.25, 0.3) is 21.5 Å². The average Bonchev–Trinajstić information content (AvgIpc) is 3.36. The number of carbonyl (C=O) groups is 1. The quantitative estimate of drug-likeness (QED) is 0.516. The molecule has 3 heterocycles. The van der Waals surface area contributed by atoms with Crippen LogP contribution in [0.15, 0.2) is 47.1 Å². The van der Waals surface area contributed by atoms with Crippen molar-refractivity contribution in [1.29, 1.82) is 0 Å². The molecular weight excluding hydrogens is 374 g/mol. The first-order valence-electron chi connectivity index (χ1n) is 9.04. The van der Waals surface area contributed by atoms with Crippen molar-refractivity contribution in [1.82, 2.24) is 10.3 Å². The second-order valence-electron chi connectivity index (χ2n) is 6.99. The van der Waals surface area contributed by atoms with Gasteiger partial charge in [-0.3, -0.25) is 14.6 Å². The lowest BCUT2D eigenvalue weighted by Gasteiger charge is -2.01. The van der Waals surface area contributed by atoms with Crippen LogP contribution < -0.4 is 15.7 Å². The molecule has 0 spiro atoms. The summed E-state index contributed by atoms with van der Waals surface area (Å²) in [5, 5.41) is 7.43. The average molecular weight is 392 g/mol. The van der Waals surface area contributed by atoms with Gasteiger partial charge in [0.25, 0.3) is 12.1 Å². The maximum atomic E-state index is 12.7. The number of nitrogens with zero attached hydrogens (tertiary/aromatic N) is 3. The van der Waals surface area contributed by atoms with Gasteiger partial charge < -0.3 is 5.73 Å². The zero-order valence-corrected chi connectivity index (χ0v) is 16.0. The number of aromatic nitrogens is 3. The summed E-state index contributed by atoms with van der Waals surface area (Å²) in [7, 11) is 0. The number of hydrogen-bond acceptors (Lipinski definition) is 6. The van der Waals surface area contributed by atoms with Crippen molar-refractivity contribution in [2.24, 2.45) is 0 Å². The molecule has 0 aliphatic heterocycles. The van der Waals surface area contributed by atoms with Crippen molar-refractivity contribution in [3.8, 4) is 11.3 Å². The van der Waals surface area contributed by atoms with Gasteiger partial charge in [-0.1, -0.05) is 29.8 Å². The van der Waals surface area contributed by atoms with Crippen LogP contribution in [0.5, 0.6) is 0 Å². The number of rotatable bonds is 4. The summed E-state index contributed by atoms with van der Waals surface area (Å²) in [6.07, 6.45) is 3.87. The third kappa shape index (κ3) is 3.01. The van der Waals surface area contributed by atoms with Crippen molar-refractivity contribution in [2.45, 2.75) is 25.8 Å². The van der Waals surface area contributed by atoms with Gasteiger partial charge in [0.15, 0.2) is 6.04 Å². The van der Waals surface area contributed by atoms with Gasteiger partial charge >= 0.3 is 5.88 Å². The van der Waals surface area contributed by atoms with Crippen LogP contribution in [-0.2, 0) is 0 Å². The Labute approximate surface area is 164 Å². The highest BCUT2D eigenvalue weighted by Gasteiger charge is 2.36. The first kappa shape index (κ1) is 16.9. The summed E-state index contributed by atoms with van der Waals surface area (Å²) >= 11 is 1.27. The normalized spacial score (nSPS) is 13.8. The van der Waals surface area contributed by atoms with Crippen molar-refractivity contribution in [3.63, 3.8) is 0 Å². The minimum Gasteiger partial charge on any atom is -0.397 e. The van der Waals surface area contributed by atoms with Crippen molar-refractivity contribution in [2.75, 3.05) is 11.1 Å². The molecule has 8 heteroatoms. The van der Waals surface area contributed by atoms with E-state index in [-0.39, 0.29) is 5.91 Å². The number of amides is 1. The monoisotopic (exact) mass is 392 g/mol. The number of nitrogens with one attached hydrogen (secondary N) is 1. The van der Waals surface area contributed by atoms with Gasteiger partial charge in [0.2, 0.25) is 5.27 Å². The lowest BCUT2D eigenvalue weighted by molar-refractivity contribution is -0.765. The molecule has 1 saturated carbocycles. The molecule has 0 saturated heterocycles. The number of nitrogen functional groups attached to an aromatic ring is 1. The standard InChI is InChI=1S/C20H17N5O2S/c1-11-2-4-12(5-3-11)15-9-8-14-17(21)18(28-20(14)22-15)19(26)23-16-10-25(24-27-16)13-6-7-13/h2-5,8-10,13H,6-7H2,1H3,(H2-,21,23,24,26)/p+1. The van der Waals surface area contributed by atoms with Gasteiger partial charge in [-0.2, -0.15) is 0 Å². The van der Waals surface area contributed by atoms with E-state index >= 15 is 0 Å². The van der Waals surface area contributed by atoms with E-state index in [1.54, 1.807) is 10.9 Å². The molecule has 1 fully saturated rings. The molecule has 1 amide bonds. The van der Waals surface area contributed by atoms with Gasteiger partial charge in [0.1, 0.15) is 9.71 Å². The molecule has 3 N–H and O–H groups in total. The molecule has 0 bridgehead atoms. The number of hydrogen-bond donors (Lipinski definition) is 2. The van der Waals surface area contributed by atoms with Gasteiger partial charge in [-0.05, 0) is 23.7 Å². The second-order valence-corrected chi connectivity index (χ2v) is 7.99. The van der Waals surface area contributed by atoms with E-state index in [9.17, 15) is 4.79 Å². The van der Waals surface area contributed by atoms with E-state index in [1.807, 2.05) is 43.3 Å². The summed E-state index contributed by atoms with van der Waals surface area (Å²) in [4.78, 5) is 18.5. The first-order chi connectivity index (χ1) is 13.6. The van der Waals surface area contributed by atoms with E-state index in [0.717, 1.165) is 34.3 Å². The smallest absolute Gasteiger partial charge is 0.302 e. The summed E-state index contributed by atoms with van der Waals surface area (Å²) in [5.41, 5.74) is 9.72. The maximum Gasteiger partial charge on any atom is 0.302 e. The van der Waals surface area contributed by atoms with Crippen LogP contribution in [0.4, 0.5) is 11.6 Å². The van der Waals surface area contributed by atoms with Crippen molar-refractivity contribution in [3.05, 3.63) is 53.0 Å². The van der Waals surface area contributed by atoms with E-state index in [4.69, 9.17) is 15.2 Å².